The summed E-state index contributed by atoms with van der Waals surface area (Å²) in [6, 6.07) is -0.691. The molecule has 0 radical (unpaired) electrons. The first-order valence-electron chi connectivity index (χ1n) is 6.83. The van der Waals surface area contributed by atoms with Crippen molar-refractivity contribution in [1.82, 2.24) is 10.6 Å². The number of hydrogen-bond acceptors (Lipinski definition) is 4. The van der Waals surface area contributed by atoms with Gasteiger partial charge in [0.25, 0.3) is 0 Å². The molecule has 0 aromatic heterocycles. The van der Waals surface area contributed by atoms with Crippen LogP contribution in [0.3, 0.4) is 0 Å². The second kappa shape index (κ2) is 5.42. The highest BCUT2D eigenvalue weighted by Crippen LogP contribution is 2.32. The van der Waals surface area contributed by atoms with E-state index in [2.05, 4.69) is 10.6 Å². The number of piperidine rings is 1. The van der Waals surface area contributed by atoms with E-state index in [1.54, 1.807) is 6.92 Å². The van der Waals surface area contributed by atoms with E-state index in [0.717, 1.165) is 0 Å². The van der Waals surface area contributed by atoms with Crippen LogP contribution in [0.25, 0.3) is 0 Å². The monoisotopic (exact) mass is 328 g/mol. The Morgan fingerprint density at radius 1 is 1.33 bits per heavy atom. The lowest BCUT2D eigenvalue weighted by Gasteiger charge is -2.33. The molecular weight excluding hydrogens is 309 g/mol. The number of hydrogen-bond donors (Lipinski definition) is 2. The molecule has 9 heteroatoms. The SMILES string of the molecule is CC1(NC(=O)C2CCC(C(F)(F)F)CN2)CCS(=O)(=O)C1. The molecule has 21 heavy (non-hydrogen) atoms. The van der Waals surface area contributed by atoms with Crippen LogP contribution in [0, 0.1) is 5.92 Å². The first kappa shape index (κ1) is 16.5. The molecule has 0 aromatic carbocycles. The number of sulfone groups is 1. The van der Waals surface area contributed by atoms with E-state index in [0.29, 0.717) is 6.42 Å². The lowest BCUT2D eigenvalue weighted by Crippen LogP contribution is -2.56. The third-order valence-electron chi connectivity index (χ3n) is 4.12. The number of carbonyl (C=O) groups excluding carboxylic acids is 1. The van der Waals surface area contributed by atoms with Crippen molar-refractivity contribution in [2.45, 2.75) is 43.9 Å². The van der Waals surface area contributed by atoms with E-state index in [4.69, 9.17) is 0 Å². The largest absolute Gasteiger partial charge is 0.393 e. The molecule has 3 atom stereocenters. The van der Waals surface area contributed by atoms with Gasteiger partial charge in [0.15, 0.2) is 9.84 Å². The number of alkyl halides is 3. The summed E-state index contributed by atoms with van der Waals surface area (Å²) >= 11 is 0. The standard InChI is InChI=1S/C12H19F3N2O3S/c1-11(4-5-21(19,20)7-11)17-10(18)9-3-2-8(6-16-9)12(13,14)15/h8-9,16H,2-7H2,1H3,(H,17,18). The predicted molar refractivity (Wildman–Crippen MR) is 70.4 cm³/mol. The Hall–Kier alpha value is -0.830. The fraction of sp³-hybridized carbons (Fsp3) is 0.917. The summed E-state index contributed by atoms with van der Waals surface area (Å²) in [5.41, 5.74) is -0.821. The highest BCUT2D eigenvalue weighted by molar-refractivity contribution is 7.91. The third kappa shape index (κ3) is 4.09. The minimum Gasteiger partial charge on any atom is -0.349 e. The molecule has 0 aromatic rings. The maximum Gasteiger partial charge on any atom is 0.393 e. The first-order valence-corrected chi connectivity index (χ1v) is 8.65. The quantitative estimate of drug-likeness (QED) is 0.779. The topological polar surface area (TPSA) is 75.3 Å². The predicted octanol–water partition coefficient (Wildman–Crippen LogP) is 0.610. The Morgan fingerprint density at radius 2 is 2.00 bits per heavy atom. The minimum atomic E-state index is -4.25. The number of amides is 1. The lowest BCUT2D eigenvalue weighted by molar-refractivity contribution is -0.180. The van der Waals surface area contributed by atoms with Crippen molar-refractivity contribution in [3.8, 4) is 0 Å². The van der Waals surface area contributed by atoms with E-state index < -0.39 is 39.4 Å². The summed E-state index contributed by atoms with van der Waals surface area (Å²) in [6.07, 6.45) is -3.92. The Balaban J connectivity index is 1.89. The normalized spacial score (nSPS) is 36.4. The molecule has 5 nitrogen and oxygen atoms in total. The van der Waals surface area contributed by atoms with Crippen molar-refractivity contribution in [3.05, 3.63) is 0 Å². The van der Waals surface area contributed by atoms with Crippen LogP contribution in [0.4, 0.5) is 13.2 Å². The molecule has 122 valence electrons. The number of nitrogens with one attached hydrogen (secondary N) is 2. The number of rotatable bonds is 2. The lowest BCUT2D eigenvalue weighted by atomic mass is 9.93. The van der Waals surface area contributed by atoms with Gasteiger partial charge in [0, 0.05) is 6.54 Å². The van der Waals surface area contributed by atoms with Crippen molar-refractivity contribution in [2.75, 3.05) is 18.1 Å². The fourth-order valence-electron chi connectivity index (χ4n) is 2.85. The van der Waals surface area contributed by atoms with Gasteiger partial charge in [-0.2, -0.15) is 13.2 Å². The number of carbonyl (C=O) groups is 1. The highest BCUT2D eigenvalue weighted by Gasteiger charge is 2.44. The van der Waals surface area contributed by atoms with Crippen LogP contribution in [-0.4, -0.2) is 50.1 Å². The zero-order chi connectivity index (χ0) is 15.9. The first-order chi connectivity index (χ1) is 9.51. The molecule has 0 spiro atoms. The molecule has 2 saturated heterocycles. The van der Waals surface area contributed by atoms with Crippen molar-refractivity contribution in [2.24, 2.45) is 5.92 Å². The highest BCUT2D eigenvalue weighted by atomic mass is 32.2. The Labute approximate surface area is 121 Å². The van der Waals surface area contributed by atoms with Gasteiger partial charge in [-0.3, -0.25) is 4.79 Å². The van der Waals surface area contributed by atoms with E-state index >= 15 is 0 Å². The molecule has 2 fully saturated rings. The minimum absolute atomic E-state index is 0.0258. The second-order valence-corrected chi connectivity index (χ2v) is 8.35. The maximum atomic E-state index is 12.5. The van der Waals surface area contributed by atoms with Crippen molar-refractivity contribution in [1.29, 1.82) is 0 Å². The molecule has 2 heterocycles. The summed E-state index contributed by atoms with van der Waals surface area (Å²) in [7, 11) is -3.14. The molecule has 0 saturated carbocycles. The average molecular weight is 328 g/mol. The van der Waals surface area contributed by atoms with Crippen LogP contribution < -0.4 is 10.6 Å². The summed E-state index contributed by atoms with van der Waals surface area (Å²) in [6.45, 7) is 1.37. The van der Waals surface area contributed by atoms with Crippen molar-refractivity contribution >= 4 is 15.7 Å². The Morgan fingerprint density at radius 3 is 2.43 bits per heavy atom. The van der Waals surface area contributed by atoms with Crippen molar-refractivity contribution < 1.29 is 26.4 Å². The van der Waals surface area contributed by atoms with Gasteiger partial charge in [-0.1, -0.05) is 0 Å². The molecule has 2 N–H and O–H groups in total. The van der Waals surface area contributed by atoms with Gasteiger partial charge in [-0.05, 0) is 26.2 Å². The summed E-state index contributed by atoms with van der Waals surface area (Å²) in [5.74, 6) is -1.94. The zero-order valence-electron chi connectivity index (χ0n) is 11.7. The smallest absolute Gasteiger partial charge is 0.349 e. The summed E-state index contributed by atoms with van der Waals surface area (Å²) in [4.78, 5) is 12.1. The zero-order valence-corrected chi connectivity index (χ0v) is 12.5. The summed E-state index contributed by atoms with van der Waals surface area (Å²) in [5, 5.41) is 5.28. The van der Waals surface area contributed by atoms with Gasteiger partial charge in [0.1, 0.15) is 0 Å². The molecule has 2 rings (SSSR count). The molecular formula is C12H19F3N2O3S. The number of halogens is 3. The Bertz CT molecular complexity index is 512. The van der Waals surface area contributed by atoms with Gasteiger partial charge in [-0.25, -0.2) is 8.42 Å². The van der Waals surface area contributed by atoms with E-state index in [1.165, 1.54) is 0 Å². The maximum absolute atomic E-state index is 12.5. The van der Waals surface area contributed by atoms with Crippen LogP contribution in [0.15, 0.2) is 0 Å². The van der Waals surface area contributed by atoms with Gasteiger partial charge < -0.3 is 10.6 Å². The van der Waals surface area contributed by atoms with Gasteiger partial charge >= 0.3 is 6.18 Å². The van der Waals surface area contributed by atoms with Crippen LogP contribution in [-0.2, 0) is 14.6 Å². The van der Waals surface area contributed by atoms with Gasteiger partial charge in [-0.15, -0.1) is 0 Å². The molecule has 0 bridgehead atoms. The van der Waals surface area contributed by atoms with Crippen LogP contribution in [0.2, 0.25) is 0 Å². The van der Waals surface area contributed by atoms with E-state index in [1.807, 2.05) is 0 Å². The molecule has 3 unspecified atom stereocenters. The van der Waals surface area contributed by atoms with Crippen LogP contribution in [0.1, 0.15) is 26.2 Å². The van der Waals surface area contributed by atoms with Gasteiger partial charge in [0.05, 0.1) is 29.0 Å². The molecule has 2 aliphatic rings. The van der Waals surface area contributed by atoms with Crippen LogP contribution in [0.5, 0.6) is 0 Å². The fourth-order valence-corrected chi connectivity index (χ4v) is 4.95. The van der Waals surface area contributed by atoms with Gasteiger partial charge in [0.2, 0.25) is 5.91 Å². The van der Waals surface area contributed by atoms with Crippen molar-refractivity contribution in [3.63, 3.8) is 0 Å². The average Bonchev–Trinajstić information content (AvgIpc) is 2.62. The third-order valence-corrected chi connectivity index (χ3v) is 6.03. The molecule has 2 aliphatic heterocycles. The van der Waals surface area contributed by atoms with E-state index in [9.17, 15) is 26.4 Å². The van der Waals surface area contributed by atoms with Crippen LogP contribution >= 0.6 is 0 Å². The van der Waals surface area contributed by atoms with E-state index in [-0.39, 0.29) is 30.9 Å². The Kier molecular flexibility index (Phi) is 4.27. The molecule has 1 amide bonds. The summed E-state index contributed by atoms with van der Waals surface area (Å²) < 4.78 is 60.5. The second-order valence-electron chi connectivity index (χ2n) is 6.17. The molecule has 0 aliphatic carbocycles.